The smallest absolute Gasteiger partial charge is 0.147 e. The van der Waals surface area contributed by atoms with Gasteiger partial charge in [-0.05, 0) is 31.5 Å². The van der Waals surface area contributed by atoms with Crippen LogP contribution in [0.1, 0.15) is 18.3 Å². The molecule has 5 heteroatoms. The summed E-state index contributed by atoms with van der Waals surface area (Å²) in [6, 6.07) is 7.89. The van der Waals surface area contributed by atoms with Crippen molar-refractivity contribution < 1.29 is 4.84 Å². The number of aromatic nitrogens is 3. The van der Waals surface area contributed by atoms with Crippen molar-refractivity contribution in [1.29, 1.82) is 0 Å². The summed E-state index contributed by atoms with van der Waals surface area (Å²) in [7, 11) is 1.54. The van der Waals surface area contributed by atoms with Crippen LogP contribution in [0.3, 0.4) is 0 Å². The van der Waals surface area contributed by atoms with Gasteiger partial charge in [-0.15, -0.1) is 0 Å². The van der Waals surface area contributed by atoms with Gasteiger partial charge in [0.05, 0.1) is 11.4 Å². The molecule has 0 saturated heterocycles. The van der Waals surface area contributed by atoms with Gasteiger partial charge in [-0.1, -0.05) is 17.3 Å². The third kappa shape index (κ3) is 2.50. The van der Waals surface area contributed by atoms with Crippen molar-refractivity contribution >= 4 is 5.71 Å². The first-order valence-corrected chi connectivity index (χ1v) is 5.27. The molecule has 17 heavy (non-hydrogen) atoms. The number of hydrogen-bond acceptors (Lipinski definition) is 4. The summed E-state index contributed by atoms with van der Waals surface area (Å²) < 4.78 is 1.74. The van der Waals surface area contributed by atoms with E-state index in [9.17, 15) is 0 Å². The molecule has 0 aliphatic rings. The number of rotatable bonds is 3. The normalized spacial score (nSPS) is 11.6. The molecule has 0 unspecified atom stereocenters. The molecule has 1 aromatic heterocycles. The number of aryl methyl sites for hydroxylation is 1. The fourth-order valence-electron chi connectivity index (χ4n) is 1.52. The molecule has 0 atom stereocenters. The molecule has 2 rings (SSSR count). The summed E-state index contributed by atoms with van der Waals surface area (Å²) in [5.74, 6) is 0.756. The predicted molar refractivity (Wildman–Crippen MR) is 65.3 cm³/mol. The molecule has 1 aromatic carbocycles. The average molecular weight is 230 g/mol. The molecule has 0 N–H and O–H groups in total. The lowest BCUT2D eigenvalue weighted by molar-refractivity contribution is 0.213. The molecule has 0 amide bonds. The van der Waals surface area contributed by atoms with Gasteiger partial charge in [-0.2, -0.15) is 5.10 Å². The van der Waals surface area contributed by atoms with Gasteiger partial charge >= 0.3 is 0 Å². The van der Waals surface area contributed by atoms with Crippen molar-refractivity contribution in [2.75, 3.05) is 7.11 Å². The van der Waals surface area contributed by atoms with Crippen LogP contribution in [0, 0.1) is 6.92 Å². The first-order chi connectivity index (χ1) is 8.20. The van der Waals surface area contributed by atoms with Crippen molar-refractivity contribution in [3.8, 4) is 5.69 Å². The van der Waals surface area contributed by atoms with Gasteiger partial charge in [0.25, 0.3) is 0 Å². The zero-order valence-electron chi connectivity index (χ0n) is 10.1. The SMILES string of the molecule is CO/N=C(\C)c1ccc(-n2cnc(C)n2)cc1. The van der Waals surface area contributed by atoms with Crippen LogP contribution in [0.4, 0.5) is 0 Å². The average Bonchev–Trinajstić information content (AvgIpc) is 2.76. The molecule has 0 radical (unpaired) electrons. The second-order valence-electron chi connectivity index (χ2n) is 3.64. The summed E-state index contributed by atoms with van der Waals surface area (Å²) in [4.78, 5) is 8.82. The van der Waals surface area contributed by atoms with E-state index >= 15 is 0 Å². The van der Waals surface area contributed by atoms with Gasteiger partial charge in [-0.3, -0.25) is 0 Å². The first kappa shape index (κ1) is 11.3. The largest absolute Gasteiger partial charge is 0.399 e. The van der Waals surface area contributed by atoms with E-state index in [-0.39, 0.29) is 0 Å². The van der Waals surface area contributed by atoms with Gasteiger partial charge in [0.2, 0.25) is 0 Å². The van der Waals surface area contributed by atoms with Crippen LogP contribution < -0.4 is 0 Å². The molecule has 88 valence electrons. The van der Waals surface area contributed by atoms with E-state index in [2.05, 4.69) is 15.2 Å². The van der Waals surface area contributed by atoms with E-state index in [4.69, 9.17) is 4.84 Å². The molecule has 1 heterocycles. The Morgan fingerprint density at radius 1 is 1.29 bits per heavy atom. The van der Waals surface area contributed by atoms with E-state index in [1.54, 1.807) is 11.0 Å². The Hall–Kier alpha value is -2.17. The molecule has 2 aromatic rings. The van der Waals surface area contributed by atoms with E-state index in [1.165, 1.54) is 7.11 Å². The highest BCUT2D eigenvalue weighted by atomic mass is 16.6. The zero-order valence-corrected chi connectivity index (χ0v) is 10.1. The van der Waals surface area contributed by atoms with Crippen molar-refractivity contribution in [3.63, 3.8) is 0 Å². The zero-order chi connectivity index (χ0) is 12.3. The Kier molecular flexibility index (Phi) is 3.18. The number of benzene rings is 1. The summed E-state index contributed by atoms with van der Waals surface area (Å²) >= 11 is 0. The highest BCUT2D eigenvalue weighted by Gasteiger charge is 2.01. The Labute approximate surface area is 99.7 Å². The van der Waals surface area contributed by atoms with E-state index < -0.39 is 0 Å². The minimum Gasteiger partial charge on any atom is -0.399 e. The Bertz CT molecular complexity index is 528. The van der Waals surface area contributed by atoms with Crippen LogP contribution >= 0.6 is 0 Å². The minimum atomic E-state index is 0.756. The van der Waals surface area contributed by atoms with Crippen LogP contribution in [0.25, 0.3) is 5.69 Å². The van der Waals surface area contributed by atoms with Gasteiger partial charge in [0.15, 0.2) is 0 Å². The quantitative estimate of drug-likeness (QED) is 0.598. The summed E-state index contributed by atoms with van der Waals surface area (Å²) in [6.07, 6.45) is 1.69. The Balaban J connectivity index is 2.27. The van der Waals surface area contributed by atoms with Gasteiger partial charge < -0.3 is 4.84 Å². The molecular formula is C12H14N4O. The van der Waals surface area contributed by atoms with Crippen molar-refractivity contribution in [2.45, 2.75) is 13.8 Å². The van der Waals surface area contributed by atoms with Gasteiger partial charge in [0.1, 0.15) is 19.3 Å². The molecule has 0 bridgehead atoms. The second kappa shape index (κ2) is 4.78. The summed E-state index contributed by atoms with van der Waals surface area (Å²) in [5, 5.41) is 8.13. The lowest BCUT2D eigenvalue weighted by Crippen LogP contribution is -1.98. The fraction of sp³-hybridized carbons (Fsp3) is 0.250. The molecule has 0 aliphatic heterocycles. The van der Waals surface area contributed by atoms with Crippen molar-refractivity contribution in [1.82, 2.24) is 14.8 Å². The lowest BCUT2D eigenvalue weighted by Gasteiger charge is -2.03. The third-order valence-corrected chi connectivity index (χ3v) is 2.38. The van der Waals surface area contributed by atoms with Gasteiger partial charge in [0, 0.05) is 0 Å². The Morgan fingerprint density at radius 2 is 2.00 bits per heavy atom. The monoisotopic (exact) mass is 230 g/mol. The van der Waals surface area contributed by atoms with E-state index in [1.807, 2.05) is 38.1 Å². The molecule has 0 spiro atoms. The minimum absolute atomic E-state index is 0.756. The molecule has 0 fully saturated rings. The summed E-state index contributed by atoms with van der Waals surface area (Å²) in [5.41, 5.74) is 2.83. The van der Waals surface area contributed by atoms with Crippen LogP contribution in [0.2, 0.25) is 0 Å². The molecule has 0 aliphatic carbocycles. The fourth-order valence-corrected chi connectivity index (χ4v) is 1.52. The highest BCUT2D eigenvalue weighted by Crippen LogP contribution is 2.09. The number of oxime groups is 1. The predicted octanol–water partition coefficient (Wildman–Crippen LogP) is 1.95. The number of nitrogens with zero attached hydrogens (tertiary/aromatic N) is 4. The van der Waals surface area contributed by atoms with Crippen LogP contribution in [-0.4, -0.2) is 27.6 Å². The summed E-state index contributed by atoms with van der Waals surface area (Å²) in [6.45, 7) is 3.76. The van der Waals surface area contributed by atoms with E-state index in [0.29, 0.717) is 0 Å². The number of hydrogen-bond donors (Lipinski definition) is 0. The van der Waals surface area contributed by atoms with Crippen LogP contribution in [0.5, 0.6) is 0 Å². The third-order valence-electron chi connectivity index (χ3n) is 2.38. The second-order valence-corrected chi connectivity index (χ2v) is 3.64. The van der Waals surface area contributed by atoms with Crippen LogP contribution in [0.15, 0.2) is 35.7 Å². The Morgan fingerprint density at radius 3 is 2.53 bits per heavy atom. The first-order valence-electron chi connectivity index (χ1n) is 5.27. The highest BCUT2D eigenvalue weighted by molar-refractivity contribution is 5.98. The maximum atomic E-state index is 4.74. The van der Waals surface area contributed by atoms with Crippen molar-refractivity contribution in [2.24, 2.45) is 5.16 Å². The molecule has 5 nitrogen and oxygen atoms in total. The lowest BCUT2D eigenvalue weighted by atomic mass is 10.1. The van der Waals surface area contributed by atoms with Crippen molar-refractivity contribution in [3.05, 3.63) is 42.0 Å². The maximum absolute atomic E-state index is 4.74. The van der Waals surface area contributed by atoms with Crippen LogP contribution in [-0.2, 0) is 4.84 Å². The molecular weight excluding hydrogens is 216 g/mol. The topological polar surface area (TPSA) is 52.3 Å². The van der Waals surface area contributed by atoms with Gasteiger partial charge in [-0.25, -0.2) is 9.67 Å². The standard InChI is InChI=1S/C12H14N4O/c1-9(15-17-3)11-4-6-12(7-5-11)16-8-13-10(2)14-16/h4-8H,1-3H3/b15-9+. The molecule has 0 saturated carbocycles. The van der Waals surface area contributed by atoms with E-state index in [0.717, 1.165) is 22.8 Å². The maximum Gasteiger partial charge on any atom is 0.147 e.